The quantitative estimate of drug-likeness (QED) is 0.508. The second-order valence-corrected chi connectivity index (χ2v) is 8.04. The third-order valence-corrected chi connectivity index (χ3v) is 5.48. The second-order valence-electron chi connectivity index (χ2n) is 8.04. The van der Waals surface area contributed by atoms with Gasteiger partial charge in [0.1, 0.15) is 5.82 Å². The van der Waals surface area contributed by atoms with Gasteiger partial charge in [0, 0.05) is 30.0 Å². The van der Waals surface area contributed by atoms with Gasteiger partial charge in [-0.2, -0.15) is 0 Å². The summed E-state index contributed by atoms with van der Waals surface area (Å²) in [5.41, 5.74) is 3.90. The van der Waals surface area contributed by atoms with Crippen LogP contribution in [0.2, 0.25) is 0 Å². The summed E-state index contributed by atoms with van der Waals surface area (Å²) in [5.74, 6) is -0.252. The lowest BCUT2D eigenvalue weighted by Gasteiger charge is -2.32. The Morgan fingerprint density at radius 2 is 1.79 bits per heavy atom. The standard InChI is InChI=1S/C25H29FN2O/c1-18(2)20(4)28(25(29)22-10-6-11-23(26)15-22)17-24-12-7-13-27(24)16-21-9-5-8-19(3)14-21/h5-15,18,20H,16-17H2,1-4H3/t20-/m1/s1. The van der Waals surface area contributed by atoms with E-state index in [0.717, 1.165) is 12.2 Å². The largest absolute Gasteiger partial charge is 0.345 e. The zero-order valence-corrected chi connectivity index (χ0v) is 17.6. The Morgan fingerprint density at radius 3 is 2.48 bits per heavy atom. The first kappa shape index (κ1) is 20.8. The molecule has 1 heterocycles. The van der Waals surface area contributed by atoms with Gasteiger partial charge in [0.25, 0.3) is 5.91 Å². The monoisotopic (exact) mass is 392 g/mol. The molecule has 0 unspecified atom stereocenters. The number of hydrogen-bond donors (Lipinski definition) is 0. The summed E-state index contributed by atoms with van der Waals surface area (Å²) in [4.78, 5) is 15.1. The molecule has 3 aromatic rings. The minimum Gasteiger partial charge on any atom is -0.345 e. The van der Waals surface area contributed by atoms with Gasteiger partial charge in [0.05, 0.1) is 6.54 Å². The van der Waals surface area contributed by atoms with Crippen molar-refractivity contribution in [2.24, 2.45) is 5.92 Å². The zero-order valence-electron chi connectivity index (χ0n) is 17.6. The van der Waals surface area contributed by atoms with E-state index < -0.39 is 5.82 Å². The van der Waals surface area contributed by atoms with E-state index >= 15 is 0 Å². The number of carbonyl (C=O) groups excluding carboxylic acids is 1. The van der Waals surface area contributed by atoms with Gasteiger partial charge in [-0.05, 0) is 55.7 Å². The Balaban J connectivity index is 1.87. The van der Waals surface area contributed by atoms with E-state index in [0.29, 0.717) is 12.1 Å². The lowest BCUT2D eigenvalue weighted by molar-refractivity contribution is 0.0622. The van der Waals surface area contributed by atoms with Gasteiger partial charge in [-0.25, -0.2) is 4.39 Å². The number of aromatic nitrogens is 1. The van der Waals surface area contributed by atoms with Gasteiger partial charge >= 0.3 is 0 Å². The normalized spacial score (nSPS) is 12.2. The van der Waals surface area contributed by atoms with Crippen molar-refractivity contribution in [3.63, 3.8) is 0 Å². The molecule has 2 aromatic carbocycles. The Morgan fingerprint density at radius 1 is 1.03 bits per heavy atom. The highest BCUT2D eigenvalue weighted by molar-refractivity contribution is 5.94. The first-order valence-electron chi connectivity index (χ1n) is 10.1. The minimum absolute atomic E-state index is 0.0214. The maximum absolute atomic E-state index is 13.7. The van der Waals surface area contributed by atoms with Crippen LogP contribution in [-0.2, 0) is 13.1 Å². The Hall–Kier alpha value is -2.88. The summed E-state index contributed by atoms with van der Waals surface area (Å²) in [6, 6.07) is 18.5. The highest BCUT2D eigenvalue weighted by atomic mass is 19.1. The smallest absolute Gasteiger partial charge is 0.254 e. The first-order valence-corrected chi connectivity index (χ1v) is 10.1. The van der Waals surface area contributed by atoms with Crippen molar-refractivity contribution < 1.29 is 9.18 Å². The van der Waals surface area contributed by atoms with Crippen LogP contribution < -0.4 is 0 Å². The third-order valence-electron chi connectivity index (χ3n) is 5.48. The van der Waals surface area contributed by atoms with Crippen molar-refractivity contribution in [2.45, 2.75) is 46.8 Å². The van der Waals surface area contributed by atoms with Crippen molar-refractivity contribution in [3.05, 3.63) is 95.1 Å². The van der Waals surface area contributed by atoms with Gasteiger partial charge in [-0.3, -0.25) is 4.79 Å². The van der Waals surface area contributed by atoms with Crippen LogP contribution in [0.25, 0.3) is 0 Å². The van der Waals surface area contributed by atoms with Crippen LogP contribution in [0.5, 0.6) is 0 Å². The van der Waals surface area contributed by atoms with E-state index in [9.17, 15) is 9.18 Å². The van der Waals surface area contributed by atoms with E-state index in [1.807, 2.05) is 17.2 Å². The molecule has 3 rings (SSSR count). The number of carbonyl (C=O) groups is 1. The summed E-state index contributed by atoms with van der Waals surface area (Å²) in [5, 5.41) is 0. The lowest BCUT2D eigenvalue weighted by Crippen LogP contribution is -2.41. The van der Waals surface area contributed by atoms with Gasteiger partial charge in [-0.1, -0.05) is 49.7 Å². The molecule has 152 valence electrons. The molecule has 0 spiro atoms. The topological polar surface area (TPSA) is 25.2 Å². The average molecular weight is 393 g/mol. The number of benzene rings is 2. The van der Waals surface area contributed by atoms with Gasteiger partial charge in [0.15, 0.2) is 0 Å². The van der Waals surface area contributed by atoms with E-state index in [1.54, 1.807) is 12.1 Å². The molecule has 4 heteroatoms. The molecule has 0 radical (unpaired) electrons. The SMILES string of the molecule is Cc1cccc(Cn2cccc2CN(C(=O)c2cccc(F)c2)[C@H](C)C(C)C)c1. The van der Waals surface area contributed by atoms with Gasteiger partial charge < -0.3 is 9.47 Å². The lowest BCUT2D eigenvalue weighted by atomic mass is 10.0. The molecule has 0 saturated carbocycles. The maximum Gasteiger partial charge on any atom is 0.254 e. The summed E-state index contributed by atoms with van der Waals surface area (Å²) >= 11 is 0. The highest BCUT2D eigenvalue weighted by Crippen LogP contribution is 2.20. The molecule has 29 heavy (non-hydrogen) atoms. The van der Waals surface area contributed by atoms with Crippen LogP contribution in [0, 0.1) is 18.7 Å². The fourth-order valence-electron chi connectivity index (χ4n) is 3.48. The third kappa shape index (κ3) is 5.14. The molecule has 0 N–H and O–H groups in total. The number of halogens is 1. The molecule has 0 aliphatic heterocycles. The van der Waals surface area contributed by atoms with Crippen molar-refractivity contribution in [2.75, 3.05) is 0 Å². The summed E-state index contributed by atoms with van der Waals surface area (Å²) in [7, 11) is 0. The van der Waals surface area contributed by atoms with E-state index in [4.69, 9.17) is 0 Å². The Bertz CT molecular complexity index is 976. The predicted octanol–water partition coefficient (Wildman–Crippen LogP) is 5.67. The molecule has 0 bridgehead atoms. The maximum atomic E-state index is 13.7. The number of nitrogens with zero attached hydrogens (tertiary/aromatic N) is 2. The van der Waals surface area contributed by atoms with Gasteiger partial charge in [-0.15, -0.1) is 0 Å². The van der Waals surface area contributed by atoms with Crippen LogP contribution in [-0.4, -0.2) is 21.4 Å². The highest BCUT2D eigenvalue weighted by Gasteiger charge is 2.25. The van der Waals surface area contributed by atoms with Crippen LogP contribution in [0.1, 0.15) is 48.0 Å². The number of aryl methyl sites for hydroxylation is 1. The molecule has 3 nitrogen and oxygen atoms in total. The molecule has 0 fully saturated rings. The molecular formula is C25H29FN2O. The van der Waals surface area contributed by atoms with Crippen LogP contribution >= 0.6 is 0 Å². The summed E-state index contributed by atoms with van der Waals surface area (Å²) in [6.07, 6.45) is 2.04. The number of rotatable bonds is 7. The van der Waals surface area contributed by atoms with Crippen LogP contribution in [0.3, 0.4) is 0 Å². The molecule has 1 aromatic heterocycles. The fraction of sp³-hybridized carbons (Fsp3) is 0.320. The van der Waals surface area contributed by atoms with Crippen molar-refractivity contribution in [1.29, 1.82) is 0 Å². The van der Waals surface area contributed by atoms with E-state index in [-0.39, 0.29) is 17.9 Å². The Labute approximate surface area is 172 Å². The molecule has 0 aliphatic rings. The van der Waals surface area contributed by atoms with E-state index in [1.165, 1.54) is 23.3 Å². The Kier molecular flexibility index (Phi) is 6.53. The predicted molar refractivity (Wildman–Crippen MR) is 115 cm³/mol. The number of hydrogen-bond acceptors (Lipinski definition) is 1. The van der Waals surface area contributed by atoms with Crippen molar-refractivity contribution in [3.8, 4) is 0 Å². The summed E-state index contributed by atoms with van der Waals surface area (Å²) < 4.78 is 15.9. The van der Waals surface area contributed by atoms with Crippen LogP contribution in [0.15, 0.2) is 66.9 Å². The zero-order chi connectivity index (χ0) is 21.0. The van der Waals surface area contributed by atoms with E-state index in [2.05, 4.69) is 62.6 Å². The van der Waals surface area contributed by atoms with Crippen LogP contribution in [0.4, 0.5) is 4.39 Å². The molecule has 1 atom stereocenters. The average Bonchev–Trinajstić information content (AvgIpc) is 3.11. The summed E-state index contributed by atoms with van der Waals surface area (Å²) in [6.45, 7) is 9.57. The fourth-order valence-corrected chi connectivity index (χ4v) is 3.48. The number of amides is 1. The van der Waals surface area contributed by atoms with Crippen molar-refractivity contribution >= 4 is 5.91 Å². The van der Waals surface area contributed by atoms with Crippen molar-refractivity contribution in [1.82, 2.24) is 9.47 Å². The second kappa shape index (κ2) is 9.08. The molecule has 0 aliphatic carbocycles. The van der Waals surface area contributed by atoms with Gasteiger partial charge in [0.2, 0.25) is 0 Å². The molecular weight excluding hydrogens is 363 g/mol. The molecule has 1 amide bonds. The minimum atomic E-state index is -0.393. The molecule has 0 saturated heterocycles. The first-order chi connectivity index (χ1) is 13.8.